The highest BCUT2D eigenvalue weighted by Crippen LogP contribution is 2.61. The van der Waals surface area contributed by atoms with E-state index in [0.29, 0.717) is 11.3 Å². The Kier molecular flexibility index (Phi) is 21.3. The number of anilines is 3. The minimum atomic E-state index is -4.64. The van der Waals surface area contributed by atoms with Crippen LogP contribution in [0, 0.1) is 5.92 Å². The average Bonchev–Trinajstić information content (AvgIpc) is 1.72. The molecule has 10 N–H and O–H groups in total. The molecule has 0 radical (unpaired) electrons. The third kappa shape index (κ3) is 16.3. The molecule has 87 heavy (non-hydrogen) atoms. The number of ether oxygens (including phenoxy) is 4. The van der Waals surface area contributed by atoms with Crippen molar-refractivity contribution in [1.82, 2.24) is 64.8 Å². The van der Waals surface area contributed by atoms with Crippen LogP contribution in [0.2, 0.25) is 0 Å². The van der Waals surface area contributed by atoms with Crippen LogP contribution in [0.15, 0.2) is 54.7 Å². The van der Waals surface area contributed by atoms with Gasteiger partial charge >= 0.3 is 31.8 Å². The summed E-state index contributed by atoms with van der Waals surface area (Å²) < 4.78 is 94.2. The van der Waals surface area contributed by atoms with E-state index in [4.69, 9.17) is 59.8 Å². The van der Waals surface area contributed by atoms with Gasteiger partial charge in [0.15, 0.2) is 47.7 Å². The first-order valence-electron chi connectivity index (χ1n) is 26.3. The molecular weight excluding hydrogens is 1230 g/mol. The number of halogens is 1. The van der Waals surface area contributed by atoms with Crippen molar-refractivity contribution in [2.45, 2.75) is 94.5 Å². The van der Waals surface area contributed by atoms with E-state index in [9.17, 15) is 37.9 Å². The van der Waals surface area contributed by atoms with Crippen LogP contribution < -0.4 is 38.5 Å². The second-order valence-corrected chi connectivity index (χ2v) is 25.8. The SMILES string of the molecule is CC(C)[C@H](NC(=O)CN=[N+]=[N-])C(=O)N[C@@H](CCCNC(N)=O)C(=O)Nc1ccc(COC(=O)N(C)CCN(C)C(=O)O[C@@H]2[C@@H]3OP(=O)(S)OC[C@H]4O[C@@H](n5cnc6c(N)ncnc65)[C@H](F)[C@@H]4O[P@](=O)(S)OC[C@H]3O[C@H]2n2cnc3c(N)ncnc32)cc1. The van der Waals surface area contributed by atoms with Crippen molar-refractivity contribution in [3.63, 3.8) is 0 Å². The molecule has 3 aliphatic heterocycles. The fourth-order valence-electron chi connectivity index (χ4n) is 9.07. The van der Waals surface area contributed by atoms with Gasteiger partial charge in [0.1, 0.15) is 73.3 Å². The third-order valence-corrected chi connectivity index (χ3v) is 16.8. The molecule has 0 aliphatic carbocycles. The second kappa shape index (κ2) is 28.4. The number of alkyl halides is 1. The first-order chi connectivity index (χ1) is 41.3. The van der Waals surface area contributed by atoms with Gasteiger partial charge in [0.05, 0.1) is 25.9 Å². The maximum absolute atomic E-state index is 16.5. The van der Waals surface area contributed by atoms with Gasteiger partial charge in [-0.1, -0.05) is 55.6 Å². The van der Waals surface area contributed by atoms with E-state index in [1.807, 2.05) is 0 Å². The smallest absolute Gasteiger partial charge is 0.410 e. The Morgan fingerprint density at radius 3 is 1.98 bits per heavy atom. The first kappa shape index (κ1) is 65.3. The summed E-state index contributed by atoms with van der Waals surface area (Å²) in [5, 5.41) is 13.5. The largest absolute Gasteiger partial charge is 0.445 e. The summed E-state index contributed by atoms with van der Waals surface area (Å²) in [6, 6.07) is 3.17. The molecule has 3 aliphatic rings. The van der Waals surface area contributed by atoms with Crippen molar-refractivity contribution in [3.05, 3.63) is 65.6 Å². The topological polar surface area (TPSA) is 479 Å². The number of hydrogen-bond acceptors (Lipinski definition) is 25. The normalized spacial score (nSPS) is 25.3. The molecule has 0 spiro atoms. The Labute approximate surface area is 503 Å². The fraction of sp³-hybridized carbons (Fsp3) is 0.522. The van der Waals surface area contributed by atoms with Crippen LogP contribution in [0.5, 0.6) is 0 Å². The number of imidazole rings is 2. The van der Waals surface area contributed by atoms with Crippen LogP contribution in [0.25, 0.3) is 32.8 Å². The van der Waals surface area contributed by atoms with Crippen LogP contribution in [0.3, 0.4) is 0 Å². The number of thiol groups is 2. The van der Waals surface area contributed by atoms with E-state index in [2.05, 4.69) is 85.7 Å². The van der Waals surface area contributed by atoms with Crippen molar-refractivity contribution >= 4 is 114 Å². The number of hydrogen-bond donors (Lipinski definition) is 9. The molecule has 1 aromatic carbocycles. The summed E-state index contributed by atoms with van der Waals surface area (Å²) >= 11 is 8.36. The van der Waals surface area contributed by atoms with E-state index in [1.165, 1.54) is 52.9 Å². The van der Waals surface area contributed by atoms with Crippen LogP contribution >= 0.6 is 38.1 Å². The molecule has 8 rings (SSSR count). The molecule has 36 nitrogen and oxygen atoms in total. The summed E-state index contributed by atoms with van der Waals surface area (Å²) in [6.45, 7) is -8.35. The number of urea groups is 1. The number of likely N-dealkylation sites (N-methyl/N-ethyl adjacent to an activating group) is 2. The Hall–Kier alpha value is -7.70. The predicted molar refractivity (Wildman–Crippen MR) is 307 cm³/mol. The molecule has 7 amide bonds. The lowest BCUT2D eigenvalue weighted by Gasteiger charge is -2.30. The number of amides is 7. The maximum atomic E-state index is 16.5. The number of primary amides is 1. The summed E-state index contributed by atoms with van der Waals surface area (Å²) in [5.41, 5.74) is 27.0. The van der Waals surface area contributed by atoms with Crippen molar-refractivity contribution in [2.75, 3.05) is 70.3 Å². The summed E-state index contributed by atoms with van der Waals surface area (Å²) in [4.78, 5) is 107. The van der Waals surface area contributed by atoms with Gasteiger partial charge in [-0.25, -0.2) is 57.8 Å². The number of carbonyl (C=O) groups is 6. The Morgan fingerprint density at radius 1 is 0.828 bits per heavy atom. The number of fused-ring (bicyclic) bond motifs is 4. The molecule has 470 valence electrons. The number of carbonyl (C=O) groups excluding carboxylic acids is 6. The van der Waals surface area contributed by atoms with Crippen molar-refractivity contribution < 1.29 is 79.3 Å². The minimum absolute atomic E-state index is 0.00164. The van der Waals surface area contributed by atoms with Gasteiger partial charge in [-0.05, 0) is 42.0 Å². The van der Waals surface area contributed by atoms with Gasteiger partial charge in [-0.2, -0.15) is 0 Å². The third-order valence-electron chi connectivity index (χ3n) is 13.5. The van der Waals surface area contributed by atoms with Gasteiger partial charge < -0.3 is 67.2 Å². The molecule has 4 aromatic heterocycles. The summed E-state index contributed by atoms with van der Waals surface area (Å²) in [5.74, 6) is -2.48. The number of aromatic nitrogens is 8. The molecule has 0 saturated carbocycles. The van der Waals surface area contributed by atoms with Crippen molar-refractivity contribution in [1.29, 1.82) is 0 Å². The van der Waals surface area contributed by atoms with Crippen LogP contribution in [0.1, 0.15) is 44.7 Å². The number of azide groups is 1. The fourth-order valence-corrected chi connectivity index (χ4v) is 12.0. The maximum Gasteiger partial charge on any atom is 0.410 e. The summed E-state index contributed by atoms with van der Waals surface area (Å²) in [6.07, 6.45) is -9.85. The van der Waals surface area contributed by atoms with Gasteiger partial charge in [0.2, 0.25) is 17.7 Å². The van der Waals surface area contributed by atoms with E-state index in [-0.39, 0.29) is 73.0 Å². The van der Waals surface area contributed by atoms with Crippen molar-refractivity contribution in [2.24, 2.45) is 16.8 Å². The Morgan fingerprint density at radius 2 is 1.39 bits per heavy atom. The zero-order chi connectivity index (χ0) is 62.9. The van der Waals surface area contributed by atoms with E-state index in [0.717, 1.165) is 17.6 Å². The number of rotatable bonds is 20. The zero-order valence-electron chi connectivity index (χ0n) is 46.6. The Balaban J connectivity index is 0.897. The lowest BCUT2D eigenvalue weighted by atomic mass is 10.0. The standard InChI is InChI=1S/C46H61FN20O16P2S2/c1-22(2)30(62-28(68)14-59-63-51)41(70)61-25(6-5-11-52-44(50)71)40(69)60-24-9-7-23(8-10-24)15-76-45(72)64(3)12-13-65(4)46(73)81-35-34-27(80-43(35)67-21-58-32-37(49)54-19-56-39(32)67)17-78-84(74,86)82-33-26(16-77-85(75,87)83-34)79-42(29(33)47)66-20-57-31-36(48)53-18-55-38(31)66/h7-10,18-22,25-27,29-30,33-35,42-43H,5-6,11-17H2,1-4H3,(H,60,69)(H,61,70)(H,62,68)(H,74,86)(H,75,87)(H2,48,53,55)(H2,49,54,56)(H3,50,52,71)/t25-,26+,27+,29+,30-,33+,34+,35+,42+,43+,84+,85?/m0/s1. The number of nitrogens with two attached hydrogens (primary N) is 3. The van der Waals surface area contributed by atoms with Gasteiger partial charge in [0, 0.05) is 44.3 Å². The minimum Gasteiger partial charge on any atom is -0.445 e. The van der Waals surface area contributed by atoms with Crippen LogP contribution in [-0.4, -0.2) is 187 Å². The molecule has 3 fully saturated rings. The van der Waals surface area contributed by atoms with Gasteiger partial charge in [0.25, 0.3) is 0 Å². The highest BCUT2D eigenvalue weighted by Gasteiger charge is 2.55. The van der Waals surface area contributed by atoms with Crippen molar-refractivity contribution in [3.8, 4) is 0 Å². The zero-order valence-corrected chi connectivity index (χ0v) is 50.2. The number of nitrogen functional groups attached to an aromatic ring is 2. The van der Waals surface area contributed by atoms with Crippen LogP contribution in [-0.2, 0) is 67.2 Å². The number of benzene rings is 1. The molecule has 12 atom stereocenters. The highest BCUT2D eigenvalue weighted by molar-refractivity contribution is 8.44. The first-order valence-corrected chi connectivity index (χ1v) is 31.7. The van der Waals surface area contributed by atoms with E-state index >= 15 is 4.39 Å². The predicted octanol–water partition coefficient (Wildman–Crippen LogP) is 2.89. The molecule has 1 unspecified atom stereocenters. The van der Waals surface area contributed by atoms with E-state index in [1.54, 1.807) is 26.0 Å². The molecular formula is C46H61FN20O16P2S2. The molecule has 3 saturated heterocycles. The molecule has 7 heterocycles. The lowest BCUT2D eigenvalue weighted by molar-refractivity contribution is -0.131. The lowest BCUT2D eigenvalue weighted by Crippen LogP contribution is -2.55. The number of nitrogens with one attached hydrogen (secondary N) is 4. The van der Waals surface area contributed by atoms with Gasteiger partial charge in [-0.15, -0.1) is 0 Å². The highest BCUT2D eigenvalue weighted by atomic mass is 32.7. The average molecular weight is 1300 g/mol. The molecule has 5 aromatic rings. The van der Waals surface area contributed by atoms with E-state index < -0.39 is 136 Å². The Bertz CT molecular complexity index is 3500. The van der Waals surface area contributed by atoms with Gasteiger partial charge in [-0.3, -0.25) is 41.6 Å². The quantitative estimate of drug-likeness (QED) is 0.0135. The molecule has 41 heteroatoms. The van der Waals surface area contributed by atoms with Crippen LogP contribution in [0.4, 0.5) is 36.1 Å². The summed E-state index contributed by atoms with van der Waals surface area (Å²) in [7, 11) is 2.76. The monoisotopic (exact) mass is 1290 g/mol. The second-order valence-electron chi connectivity index (χ2n) is 20.0. The number of nitrogens with zero attached hydrogens (tertiary/aromatic N) is 13. The molecule has 0 bridgehead atoms.